The number of fused-ring (bicyclic) bond motifs is 2. The Morgan fingerprint density at radius 1 is 0.907 bits per heavy atom. The molecule has 0 aliphatic heterocycles. The first-order chi connectivity index (χ1) is 20.8. The molecular weight excluding hydrogens is 560 g/mol. The van der Waals surface area contributed by atoms with Gasteiger partial charge < -0.3 is 13.9 Å². The number of ether oxygens (including phenoxy) is 2. The molecule has 3 heterocycles. The van der Waals surface area contributed by atoms with Gasteiger partial charge in [-0.05, 0) is 36.4 Å². The maximum atomic E-state index is 13.7. The lowest BCUT2D eigenvalue weighted by atomic mass is 10.2. The Labute approximate surface area is 240 Å². The maximum absolute atomic E-state index is 13.7. The summed E-state index contributed by atoms with van der Waals surface area (Å²) in [6.07, 6.45) is 2.22. The van der Waals surface area contributed by atoms with Crippen LogP contribution in [0.15, 0.2) is 99.4 Å². The molecule has 0 saturated carbocycles. The van der Waals surface area contributed by atoms with Gasteiger partial charge in [-0.1, -0.05) is 18.2 Å². The van der Waals surface area contributed by atoms with Gasteiger partial charge in [0.25, 0.3) is 16.9 Å². The quantitative estimate of drug-likeness (QED) is 0.123. The molecule has 0 bridgehead atoms. The average Bonchev–Trinajstić information content (AvgIpc) is 3.46. The van der Waals surface area contributed by atoms with Crippen LogP contribution in [-0.4, -0.2) is 37.8 Å². The molecule has 6 aromatic rings. The molecule has 212 valence electrons. The van der Waals surface area contributed by atoms with Gasteiger partial charge in [0.15, 0.2) is 5.76 Å². The number of hydrogen-bond donors (Lipinski definition) is 0. The number of pyridine rings is 1. The predicted octanol–water partition coefficient (Wildman–Crippen LogP) is 5.70. The summed E-state index contributed by atoms with van der Waals surface area (Å²) in [6, 6.07) is 19.9. The first-order valence-electron chi connectivity index (χ1n) is 12.5. The number of nitro groups is 2. The first-order valence-corrected chi connectivity index (χ1v) is 12.5. The number of rotatable bonds is 8. The molecule has 3 aromatic heterocycles. The highest BCUT2D eigenvalue weighted by atomic mass is 16.6. The Hall–Kier alpha value is -6.44. The van der Waals surface area contributed by atoms with E-state index in [1.807, 2.05) is 0 Å². The van der Waals surface area contributed by atoms with Crippen LogP contribution in [-0.2, 0) is 0 Å². The number of aromatic nitrogens is 3. The monoisotopic (exact) mass is 578 g/mol. The van der Waals surface area contributed by atoms with E-state index in [0.29, 0.717) is 22.2 Å². The third kappa shape index (κ3) is 5.11. The van der Waals surface area contributed by atoms with Crippen LogP contribution in [0.2, 0.25) is 0 Å². The van der Waals surface area contributed by atoms with Crippen molar-refractivity contribution in [2.45, 2.75) is 0 Å². The molecule has 14 heteroatoms. The molecule has 0 fully saturated rings. The molecule has 0 radical (unpaired) electrons. The number of nitro benzene ring substituents is 1. The zero-order valence-electron chi connectivity index (χ0n) is 22.1. The number of para-hydroxylation sites is 1. The highest BCUT2D eigenvalue weighted by Gasteiger charge is 2.19. The van der Waals surface area contributed by atoms with Crippen LogP contribution in [0.4, 0.5) is 11.4 Å². The molecule has 14 nitrogen and oxygen atoms in total. The molecule has 0 saturated heterocycles. The van der Waals surface area contributed by atoms with Gasteiger partial charge in [-0.15, -0.1) is 0 Å². The van der Waals surface area contributed by atoms with Crippen molar-refractivity contribution in [1.82, 2.24) is 14.6 Å². The van der Waals surface area contributed by atoms with E-state index in [4.69, 9.17) is 13.9 Å². The summed E-state index contributed by atoms with van der Waals surface area (Å²) < 4.78 is 18.2. The Kier molecular flexibility index (Phi) is 6.76. The summed E-state index contributed by atoms with van der Waals surface area (Å²) in [5.74, 6) is 0.945. The number of methoxy groups -OCH3 is 1. The van der Waals surface area contributed by atoms with Crippen molar-refractivity contribution in [2.24, 2.45) is 5.10 Å². The van der Waals surface area contributed by atoms with Gasteiger partial charge in [-0.2, -0.15) is 9.78 Å². The summed E-state index contributed by atoms with van der Waals surface area (Å²) in [5.41, 5.74) is -0.00104. The molecule has 0 spiro atoms. The summed E-state index contributed by atoms with van der Waals surface area (Å²) >= 11 is 0. The fraction of sp³-hybridized carbons (Fsp3) is 0.0345. The average molecular weight is 578 g/mol. The van der Waals surface area contributed by atoms with E-state index in [-0.39, 0.29) is 45.5 Å². The maximum Gasteiger partial charge on any atom is 0.287 e. The van der Waals surface area contributed by atoms with Crippen LogP contribution in [0.5, 0.6) is 17.4 Å². The molecule has 0 unspecified atom stereocenters. The number of furan rings is 1. The van der Waals surface area contributed by atoms with Crippen molar-refractivity contribution in [3.05, 3.63) is 121 Å². The van der Waals surface area contributed by atoms with Crippen LogP contribution in [0.3, 0.4) is 0 Å². The molecule has 3 aromatic carbocycles. The Bertz CT molecular complexity index is 2140. The number of benzene rings is 3. The van der Waals surface area contributed by atoms with Crippen molar-refractivity contribution >= 4 is 39.5 Å². The zero-order chi connectivity index (χ0) is 30.1. The minimum absolute atomic E-state index is 0.00412. The lowest BCUT2D eigenvalue weighted by Gasteiger charge is -2.09. The number of non-ortho nitro benzene ring substituents is 1. The van der Waals surface area contributed by atoms with Crippen LogP contribution < -0.4 is 15.0 Å². The third-order valence-electron chi connectivity index (χ3n) is 6.38. The number of nitrogens with zero attached hydrogens (tertiary/aromatic N) is 6. The second-order valence-corrected chi connectivity index (χ2v) is 8.99. The standard InChI is InChI=1S/C29H18N6O8/c1-41-24-7-4-8-25-21(24)14-26(42-25)28-32-22-6-3-2-5-20(22)29(36)33(28)31-15-17-13-18(34(37)38)9-11-23(17)43-27-12-10-19(16-30-27)35(39)40/h2-16H,1H3. The van der Waals surface area contributed by atoms with E-state index in [1.54, 1.807) is 48.5 Å². The predicted molar refractivity (Wildman–Crippen MR) is 155 cm³/mol. The van der Waals surface area contributed by atoms with Gasteiger partial charge in [-0.25, -0.2) is 9.97 Å². The van der Waals surface area contributed by atoms with Crippen molar-refractivity contribution in [3.8, 4) is 29.0 Å². The fourth-order valence-electron chi connectivity index (χ4n) is 4.33. The van der Waals surface area contributed by atoms with Gasteiger partial charge in [0.05, 0.1) is 39.5 Å². The number of hydrogen-bond acceptors (Lipinski definition) is 11. The molecular formula is C29H18N6O8. The lowest BCUT2D eigenvalue weighted by molar-refractivity contribution is -0.385. The van der Waals surface area contributed by atoms with E-state index in [1.165, 1.54) is 43.7 Å². The van der Waals surface area contributed by atoms with E-state index in [0.717, 1.165) is 10.9 Å². The van der Waals surface area contributed by atoms with Crippen LogP contribution in [0.1, 0.15) is 5.56 Å². The van der Waals surface area contributed by atoms with Gasteiger partial charge in [-0.3, -0.25) is 25.0 Å². The van der Waals surface area contributed by atoms with Crippen molar-refractivity contribution in [3.63, 3.8) is 0 Å². The third-order valence-corrected chi connectivity index (χ3v) is 6.38. The Balaban J connectivity index is 1.49. The Morgan fingerprint density at radius 2 is 1.70 bits per heavy atom. The first kappa shape index (κ1) is 26.8. The molecule has 43 heavy (non-hydrogen) atoms. The largest absolute Gasteiger partial charge is 0.496 e. The van der Waals surface area contributed by atoms with Crippen molar-refractivity contribution in [2.75, 3.05) is 7.11 Å². The van der Waals surface area contributed by atoms with E-state index in [2.05, 4.69) is 15.1 Å². The molecule has 6 rings (SSSR count). The zero-order valence-corrected chi connectivity index (χ0v) is 22.1. The fourth-order valence-corrected chi connectivity index (χ4v) is 4.33. The highest BCUT2D eigenvalue weighted by Crippen LogP contribution is 2.33. The SMILES string of the molecule is COc1cccc2oc(-c3nc4ccccc4c(=O)n3N=Cc3cc([N+](=O)[O-])ccc3Oc3ccc([N+](=O)[O-])cn3)cc12. The van der Waals surface area contributed by atoms with Crippen molar-refractivity contribution in [1.29, 1.82) is 0 Å². The van der Waals surface area contributed by atoms with E-state index < -0.39 is 15.4 Å². The summed E-state index contributed by atoms with van der Waals surface area (Å²) in [6.45, 7) is 0. The molecule has 0 aliphatic carbocycles. The van der Waals surface area contributed by atoms with Crippen LogP contribution >= 0.6 is 0 Å². The minimum atomic E-state index is -0.605. The highest BCUT2D eigenvalue weighted by molar-refractivity contribution is 5.89. The van der Waals surface area contributed by atoms with Gasteiger partial charge in [0, 0.05) is 29.8 Å². The summed E-state index contributed by atoms with van der Waals surface area (Å²) in [7, 11) is 1.53. The Morgan fingerprint density at radius 3 is 2.44 bits per heavy atom. The van der Waals surface area contributed by atoms with Gasteiger partial charge >= 0.3 is 0 Å². The van der Waals surface area contributed by atoms with Gasteiger partial charge in [0.2, 0.25) is 11.7 Å². The van der Waals surface area contributed by atoms with Crippen molar-refractivity contribution < 1.29 is 23.7 Å². The second kappa shape index (κ2) is 10.9. The molecule has 0 aliphatic rings. The second-order valence-electron chi connectivity index (χ2n) is 8.99. The normalized spacial score (nSPS) is 11.3. The molecule has 0 atom stereocenters. The van der Waals surface area contributed by atoms with Crippen LogP contribution in [0.25, 0.3) is 33.5 Å². The van der Waals surface area contributed by atoms with Crippen LogP contribution in [0, 0.1) is 20.2 Å². The molecule has 0 N–H and O–H groups in total. The smallest absolute Gasteiger partial charge is 0.287 e. The lowest BCUT2D eigenvalue weighted by Crippen LogP contribution is -2.20. The van der Waals surface area contributed by atoms with E-state index in [9.17, 15) is 25.0 Å². The topological polar surface area (TPSA) is 178 Å². The minimum Gasteiger partial charge on any atom is -0.496 e. The summed E-state index contributed by atoms with van der Waals surface area (Å²) in [4.78, 5) is 43.5. The van der Waals surface area contributed by atoms with E-state index >= 15 is 0 Å². The summed E-state index contributed by atoms with van der Waals surface area (Å²) in [5, 5.41) is 27.8. The van der Waals surface area contributed by atoms with Gasteiger partial charge in [0.1, 0.15) is 23.3 Å². The molecule has 0 amide bonds.